The molecule has 0 amide bonds. The molecule has 20 heavy (non-hydrogen) atoms. The van der Waals surface area contributed by atoms with Crippen molar-refractivity contribution in [2.24, 2.45) is 0 Å². The summed E-state index contributed by atoms with van der Waals surface area (Å²) < 4.78 is 0. The molecule has 1 heterocycles. The molecule has 0 saturated carbocycles. The Hall–Kier alpha value is -1.18. The van der Waals surface area contributed by atoms with E-state index in [0.717, 1.165) is 47.8 Å². The standard InChI is InChI=1S/C16H23N3S/c1-4-20-15-7-5-6-14(13(15)12-17)19-10-8-16(2,18-3)9-11-19/h5-7,18H,4,8-11H2,1-3H3. The molecule has 1 aliphatic heterocycles. The summed E-state index contributed by atoms with van der Waals surface area (Å²) in [5.41, 5.74) is 2.18. The van der Waals surface area contributed by atoms with E-state index in [2.05, 4.69) is 48.3 Å². The fourth-order valence-corrected chi connectivity index (χ4v) is 3.44. The van der Waals surface area contributed by atoms with Gasteiger partial charge in [0.1, 0.15) is 6.07 Å². The highest BCUT2D eigenvalue weighted by Gasteiger charge is 2.29. The maximum absolute atomic E-state index is 9.50. The van der Waals surface area contributed by atoms with Crippen LogP contribution in [-0.4, -0.2) is 31.4 Å². The maximum atomic E-state index is 9.50. The van der Waals surface area contributed by atoms with Gasteiger partial charge in [0, 0.05) is 23.5 Å². The van der Waals surface area contributed by atoms with Gasteiger partial charge in [0.15, 0.2) is 0 Å². The number of benzene rings is 1. The van der Waals surface area contributed by atoms with Crippen molar-refractivity contribution in [3.8, 4) is 6.07 Å². The van der Waals surface area contributed by atoms with Crippen LogP contribution in [0.1, 0.15) is 32.3 Å². The van der Waals surface area contributed by atoms with Gasteiger partial charge >= 0.3 is 0 Å². The lowest BCUT2D eigenvalue weighted by molar-refractivity contribution is 0.305. The molecule has 108 valence electrons. The molecule has 2 rings (SSSR count). The minimum Gasteiger partial charge on any atom is -0.370 e. The molecule has 0 unspecified atom stereocenters. The van der Waals surface area contributed by atoms with Gasteiger partial charge in [0.05, 0.1) is 11.3 Å². The first-order chi connectivity index (χ1) is 9.63. The van der Waals surface area contributed by atoms with E-state index in [9.17, 15) is 5.26 Å². The Morgan fingerprint density at radius 3 is 2.65 bits per heavy atom. The van der Waals surface area contributed by atoms with E-state index in [1.807, 2.05) is 7.05 Å². The summed E-state index contributed by atoms with van der Waals surface area (Å²) in [5.74, 6) is 0.996. The molecular weight excluding hydrogens is 266 g/mol. The number of nitrogens with one attached hydrogen (secondary N) is 1. The van der Waals surface area contributed by atoms with E-state index in [1.54, 1.807) is 11.8 Å². The fourth-order valence-electron chi connectivity index (χ4n) is 2.66. The van der Waals surface area contributed by atoms with Gasteiger partial charge in [-0.2, -0.15) is 5.26 Å². The van der Waals surface area contributed by atoms with Crippen molar-refractivity contribution in [1.82, 2.24) is 5.32 Å². The molecule has 0 bridgehead atoms. The molecule has 0 aliphatic carbocycles. The van der Waals surface area contributed by atoms with Crippen molar-refractivity contribution in [2.75, 3.05) is 30.8 Å². The van der Waals surface area contributed by atoms with Gasteiger partial charge in [-0.3, -0.25) is 0 Å². The van der Waals surface area contributed by atoms with E-state index in [1.165, 1.54) is 0 Å². The molecule has 1 saturated heterocycles. The Balaban J connectivity index is 2.22. The molecule has 0 radical (unpaired) electrons. The maximum Gasteiger partial charge on any atom is 0.103 e. The average Bonchev–Trinajstić information content (AvgIpc) is 2.48. The van der Waals surface area contributed by atoms with E-state index in [-0.39, 0.29) is 5.54 Å². The zero-order valence-electron chi connectivity index (χ0n) is 12.6. The Bertz CT molecular complexity index is 499. The molecule has 1 aliphatic rings. The Kier molecular flexibility index (Phi) is 4.95. The number of rotatable bonds is 4. The van der Waals surface area contributed by atoms with Crippen molar-refractivity contribution in [1.29, 1.82) is 5.26 Å². The highest BCUT2D eigenvalue weighted by Crippen LogP contribution is 2.33. The van der Waals surface area contributed by atoms with Crippen LogP contribution in [0.3, 0.4) is 0 Å². The number of hydrogen-bond donors (Lipinski definition) is 1. The Labute approximate surface area is 126 Å². The minimum atomic E-state index is 0.235. The average molecular weight is 289 g/mol. The van der Waals surface area contributed by atoms with Gasteiger partial charge in [-0.05, 0) is 44.7 Å². The van der Waals surface area contributed by atoms with Crippen molar-refractivity contribution in [3.05, 3.63) is 23.8 Å². The van der Waals surface area contributed by atoms with Gasteiger partial charge in [-0.25, -0.2) is 0 Å². The third kappa shape index (κ3) is 3.11. The van der Waals surface area contributed by atoms with E-state index < -0.39 is 0 Å². The van der Waals surface area contributed by atoms with E-state index >= 15 is 0 Å². The van der Waals surface area contributed by atoms with Crippen LogP contribution >= 0.6 is 11.8 Å². The summed E-state index contributed by atoms with van der Waals surface area (Å²) >= 11 is 1.75. The molecule has 0 spiro atoms. The largest absolute Gasteiger partial charge is 0.370 e. The number of hydrogen-bond acceptors (Lipinski definition) is 4. The first-order valence-electron chi connectivity index (χ1n) is 7.23. The van der Waals surface area contributed by atoms with Crippen LogP contribution in [0.5, 0.6) is 0 Å². The molecule has 0 aromatic heterocycles. The fraction of sp³-hybridized carbons (Fsp3) is 0.562. The number of nitrogens with zero attached hydrogens (tertiary/aromatic N) is 2. The summed E-state index contributed by atoms with van der Waals surface area (Å²) in [7, 11) is 2.04. The number of thioether (sulfide) groups is 1. The third-order valence-electron chi connectivity index (χ3n) is 4.23. The summed E-state index contributed by atoms with van der Waals surface area (Å²) in [6, 6.07) is 8.61. The quantitative estimate of drug-likeness (QED) is 0.864. The highest BCUT2D eigenvalue weighted by atomic mass is 32.2. The second kappa shape index (κ2) is 6.51. The first-order valence-corrected chi connectivity index (χ1v) is 8.22. The molecule has 1 aromatic carbocycles. The number of anilines is 1. The van der Waals surface area contributed by atoms with Crippen molar-refractivity contribution in [2.45, 2.75) is 37.1 Å². The third-order valence-corrected chi connectivity index (χ3v) is 5.17. The van der Waals surface area contributed by atoms with Crippen molar-refractivity contribution >= 4 is 17.4 Å². The molecule has 4 heteroatoms. The topological polar surface area (TPSA) is 39.1 Å². The predicted molar refractivity (Wildman–Crippen MR) is 86.5 cm³/mol. The SMILES string of the molecule is CCSc1cccc(N2CCC(C)(NC)CC2)c1C#N. The number of piperidine rings is 1. The van der Waals surface area contributed by atoms with Crippen molar-refractivity contribution in [3.63, 3.8) is 0 Å². The lowest BCUT2D eigenvalue weighted by Crippen LogP contribution is -2.50. The van der Waals surface area contributed by atoms with Crippen LogP contribution in [0.4, 0.5) is 5.69 Å². The number of nitriles is 1. The molecule has 1 fully saturated rings. The summed E-state index contributed by atoms with van der Waals surface area (Å²) in [5, 5.41) is 12.9. The van der Waals surface area contributed by atoms with Gasteiger partial charge < -0.3 is 10.2 Å². The van der Waals surface area contributed by atoms with Gasteiger partial charge in [-0.1, -0.05) is 13.0 Å². The van der Waals surface area contributed by atoms with Gasteiger partial charge in [-0.15, -0.1) is 11.8 Å². The van der Waals surface area contributed by atoms with Crippen LogP contribution in [0.15, 0.2) is 23.1 Å². The molecule has 1 aromatic rings. The normalized spacial score (nSPS) is 17.8. The highest BCUT2D eigenvalue weighted by molar-refractivity contribution is 7.99. The van der Waals surface area contributed by atoms with Gasteiger partial charge in [0.2, 0.25) is 0 Å². The Morgan fingerprint density at radius 2 is 2.10 bits per heavy atom. The lowest BCUT2D eigenvalue weighted by Gasteiger charge is -2.40. The second-order valence-electron chi connectivity index (χ2n) is 5.49. The molecular formula is C16H23N3S. The monoisotopic (exact) mass is 289 g/mol. The minimum absolute atomic E-state index is 0.235. The van der Waals surface area contributed by atoms with Gasteiger partial charge in [0.25, 0.3) is 0 Å². The van der Waals surface area contributed by atoms with Crippen molar-refractivity contribution < 1.29 is 0 Å². The van der Waals surface area contributed by atoms with Crippen LogP contribution in [0, 0.1) is 11.3 Å². The second-order valence-corrected chi connectivity index (χ2v) is 6.80. The van der Waals surface area contributed by atoms with Crippen LogP contribution in [0.2, 0.25) is 0 Å². The zero-order chi connectivity index (χ0) is 14.6. The van der Waals surface area contributed by atoms with Crippen LogP contribution in [0.25, 0.3) is 0 Å². The summed E-state index contributed by atoms with van der Waals surface area (Å²) in [4.78, 5) is 3.46. The zero-order valence-corrected chi connectivity index (χ0v) is 13.4. The molecule has 3 nitrogen and oxygen atoms in total. The van der Waals surface area contributed by atoms with E-state index in [0.29, 0.717) is 0 Å². The Morgan fingerprint density at radius 1 is 1.40 bits per heavy atom. The lowest BCUT2D eigenvalue weighted by atomic mass is 9.89. The van der Waals surface area contributed by atoms with E-state index in [4.69, 9.17) is 0 Å². The summed E-state index contributed by atoms with van der Waals surface area (Å²) in [6.45, 7) is 6.41. The predicted octanol–water partition coefficient (Wildman–Crippen LogP) is 3.25. The van der Waals surface area contributed by atoms with Crippen LogP contribution in [-0.2, 0) is 0 Å². The summed E-state index contributed by atoms with van der Waals surface area (Å²) in [6.07, 6.45) is 2.22. The smallest absolute Gasteiger partial charge is 0.103 e. The molecule has 0 atom stereocenters. The van der Waals surface area contributed by atoms with Crippen LogP contribution < -0.4 is 10.2 Å². The first kappa shape index (κ1) is 15.2. The molecule has 1 N–H and O–H groups in total.